The Labute approximate surface area is 293 Å². The molecule has 1 saturated heterocycles. The largest absolute Gasteiger partial charge is 0.480 e. The number of nitrogens with zero attached hydrogens (tertiary/aromatic N) is 3. The molecule has 1 aliphatic rings. The first-order chi connectivity index (χ1) is 23.1. The van der Waals surface area contributed by atoms with Crippen molar-refractivity contribution in [2.75, 3.05) is 26.4 Å². The number of nitrogen functional groups attached to an aromatic ring is 1. The zero-order chi connectivity index (χ0) is 36.4. The molecule has 4 N–H and O–H groups in total. The number of aliphatic carboxylic acids is 1. The fourth-order valence-electron chi connectivity index (χ4n) is 6.43. The van der Waals surface area contributed by atoms with Crippen LogP contribution in [0.2, 0.25) is 0 Å². The van der Waals surface area contributed by atoms with Crippen LogP contribution >= 0.6 is 11.3 Å². The summed E-state index contributed by atoms with van der Waals surface area (Å²) >= 11 is 1.12. The molecule has 0 saturated carbocycles. The number of carboxylic acids is 1. The summed E-state index contributed by atoms with van der Waals surface area (Å²) in [5, 5.41) is 14.2. The van der Waals surface area contributed by atoms with Crippen LogP contribution in [-0.4, -0.2) is 88.2 Å². The highest BCUT2D eigenvalue weighted by atomic mass is 32.1. The van der Waals surface area contributed by atoms with Gasteiger partial charge in [0.25, 0.3) is 5.91 Å². The van der Waals surface area contributed by atoms with Gasteiger partial charge in [-0.2, -0.15) is 0 Å². The third-order valence-electron chi connectivity index (χ3n) is 9.64. The van der Waals surface area contributed by atoms with E-state index in [1.165, 1.54) is 12.3 Å². The number of carbonyl (C=O) groups excluding carboxylic acids is 4. The number of likely N-dealkylation sites (N-methyl/N-ethyl adjacent to an activating group) is 1. The van der Waals surface area contributed by atoms with Gasteiger partial charge >= 0.3 is 11.9 Å². The standard InChI is InChI=1S/C36H53N5O7S/c1-8-22(4)26(18-31(43)29-11-9-10-16-40(29)6)35(45)41(7)30(21(2)3)19-32(48-23(5)42)34-39-28(20-49-34)33(44)38-27(36(46)47)17-24-12-14-25(37)15-13-24/h12-15,20-22,26-27,29-30,32H,8-11,16-19,37H2,1-7H3,(H,38,44)(H,46,47)/t22-,26-,27-,29+,30+,32+/m0/s1. The van der Waals surface area contributed by atoms with Crippen molar-refractivity contribution in [3.8, 4) is 0 Å². The van der Waals surface area contributed by atoms with Crippen molar-refractivity contribution < 1.29 is 33.8 Å². The molecule has 13 heteroatoms. The van der Waals surface area contributed by atoms with E-state index >= 15 is 0 Å². The molecule has 0 unspecified atom stereocenters. The number of hydrogen-bond donors (Lipinski definition) is 3. The average Bonchev–Trinajstić information content (AvgIpc) is 3.55. The number of carbonyl (C=O) groups is 5. The minimum absolute atomic E-state index is 0.00531. The van der Waals surface area contributed by atoms with Gasteiger partial charge in [-0.3, -0.25) is 24.1 Å². The van der Waals surface area contributed by atoms with Crippen LogP contribution in [0.5, 0.6) is 0 Å². The molecule has 1 fully saturated rings. The number of amides is 2. The molecular weight excluding hydrogens is 646 g/mol. The second kappa shape index (κ2) is 18.2. The number of hydrogen-bond acceptors (Lipinski definition) is 10. The van der Waals surface area contributed by atoms with Gasteiger partial charge in [0.2, 0.25) is 5.91 Å². The summed E-state index contributed by atoms with van der Waals surface area (Å²) in [6.07, 6.45) is 3.18. The maximum Gasteiger partial charge on any atom is 0.326 e. The highest BCUT2D eigenvalue weighted by molar-refractivity contribution is 7.09. The zero-order valence-electron chi connectivity index (χ0n) is 29.8. The molecule has 0 bridgehead atoms. The molecule has 1 aromatic heterocycles. The number of ketones is 1. The van der Waals surface area contributed by atoms with Gasteiger partial charge in [0.15, 0.2) is 11.9 Å². The number of anilines is 1. The Balaban J connectivity index is 1.79. The van der Waals surface area contributed by atoms with Gasteiger partial charge in [0, 0.05) is 56.3 Å². The second-order valence-electron chi connectivity index (χ2n) is 13.6. The predicted octanol–water partition coefficient (Wildman–Crippen LogP) is 4.73. The van der Waals surface area contributed by atoms with Crippen molar-refractivity contribution in [1.82, 2.24) is 20.1 Å². The monoisotopic (exact) mass is 699 g/mol. The summed E-state index contributed by atoms with van der Waals surface area (Å²) < 4.78 is 5.71. The van der Waals surface area contributed by atoms with E-state index in [0.29, 0.717) is 16.3 Å². The van der Waals surface area contributed by atoms with E-state index in [-0.39, 0.29) is 60.6 Å². The number of thiazole rings is 1. The topological polar surface area (TPSA) is 172 Å². The van der Waals surface area contributed by atoms with Gasteiger partial charge in [0.05, 0.1) is 6.04 Å². The molecule has 2 aromatic rings. The number of benzene rings is 1. The van der Waals surface area contributed by atoms with Crippen molar-refractivity contribution in [3.63, 3.8) is 0 Å². The van der Waals surface area contributed by atoms with Gasteiger partial charge < -0.3 is 25.8 Å². The first-order valence-electron chi connectivity index (χ1n) is 17.1. The normalized spacial score (nSPS) is 18.2. The molecule has 1 aromatic carbocycles. The number of ether oxygens (including phenoxy) is 1. The number of rotatable bonds is 17. The van der Waals surface area contributed by atoms with Crippen LogP contribution in [0, 0.1) is 17.8 Å². The smallest absolute Gasteiger partial charge is 0.326 e. The molecule has 2 amide bonds. The van der Waals surface area contributed by atoms with Crippen LogP contribution in [-0.2, 0) is 30.3 Å². The summed E-state index contributed by atoms with van der Waals surface area (Å²) in [7, 11) is 3.70. The minimum atomic E-state index is -1.21. The Morgan fingerprint density at radius 3 is 2.39 bits per heavy atom. The number of likely N-dealkylation sites (tertiary alicyclic amines) is 1. The van der Waals surface area contributed by atoms with Crippen molar-refractivity contribution in [1.29, 1.82) is 0 Å². The molecule has 2 heterocycles. The number of carboxylic acid groups (broad SMARTS) is 1. The van der Waals surface area contributed by atoms with Gasteiger partial charge in [-0.1, -0.05) is 52.7 Å². The lowest BCUT2D eigenvalue weighted by atomic mass is 9.83. The lowest BCUT2D eigenvalue weighted by molar-refractivity contribution is -0.149. The number of aromatic nitrogens is 1. The van der Waals surface area contributed by atoms with Crippen LogP contribution in [0.3, 0.4) is 0 Å². The molecule has 49 heavy (non-hydrogen) atoms. The van der Waals surface area contributed by atoms with E-state index in [1.807, 2.05) is 34.7 Å². The lowest BCUT2D eigenvalue weighted by Gasteiger charge is -2.37. The first-order valence-corrected chi connectivity index (χ1v) is 18.0. The highest BCUT2D eigenvalue weighted by Gasteiger charge is 2.37. The van der Waals surface area contributed by atoms with Crippen LogP contribution in [0.1, 0.15) is 100 Å². The average molecular weight is 700 g/mol. The molecule has 0 spiro atoms. The highest BCUT2D eigenvalue weighted by Crippen LogP contribution is 2.33. The maximum absolute atomic E-state index is 14.2. The molecule has 12 nitrogen and oxygen atoms in total. The molecular formula is C36H53N5O7S. The molecule has 0 radical (unpaired) electrons. The number of nitrogens with one attached hydrogen (secondary N) is 1. The quantitative estimate of drug-likeness (QED) is 0.155. The second-order valence-corrected chi connectivity index (χ2v) is 14.5. The van der Waals surface area contributed by atoms with Crippen LogP contribution in [0.25, 0.3) is 0 Å². The Morgan fingerprint density at radius 2 is 1.82 bits per heavy atom. The molecule has 1 aliphatic heterocycles. The van der Waals surface area contributed by atoms with Gasteiger partial charge in [-0.25, -0.2) is 9.78 Å². The van der Waals surface area contributed by atoms with E-state index in [9.17, 15) is 29.1 Å². The molecule has 6 atom stereocenters. The molecule has 3 rings (SSSR count). The van der Waals surface area contributed by atoms with E-state index in [4.69, 9.17) is 10.5 Å². The molecule has 270 valence electrons. The van der Waals surface area contributed by atoms with Gasteiger partial charge in [0.1, 0.15) is 16.7 Å². The van der Waals surface area contributed by atoms with Gasteiger partial charge in [-0.15, -0.1) is 11.3 Å². The lowest BCUT2D eigenvalue weighted by Crippen LogP contribution is -2.48. The van der Waals surface area contributed by atoms with Gasteiger partial charge in [-0.05, 0) is 56.0 Å². The third-order valence-corrected chi connectivity index (χ3v) is 10.6. The summed E-state index contributed by atoms with van der Waals surface area (Å²) in [6.45, 7) is 10.1. The number of esters is 1. The van der Waals surface area contributed by atoms with Crippen LogP contribution in [0.15, 0.2) is 29.6 Å². The zero-order valence-corrected chi connectivity index (χ0v) is 30.6. The third kappa shape index (κ3) is 11.1. The van der Waals surface area contributed by atoms with Crippen molar-refractivity contribution in [3.05, 3.63) is 45.9 Å². The summed E-state index contributed by atoms with van der Waals surface area (Å²) in [4.78, 5) is 73.2. The number of Topliss-reactive ketones (excluding diaryl/α,β-unsaturated/α-hetero) is 1. The summed E-state index contributed by atoms with van der Waals surface area (Å²) in [5.74, 6) is -2.99. The van der Waals surface area contributed by atoms with Crippen LogP contribution in [0.4, 0.5) is 5.69 Å². The Morgan fingerprint density at radius 1 is 1.14 bits per heavy atom. The van der Waals surface area contributed by atoms with Crippen molar-refractivity contribution in [2.24, 2.45) is 17.8 Å². The fraction of sp³-hybridized carbons (Fsp3) is 0.611. The summed E-state index contributed by atoms with van der Waals surface area (Å²) in [6, 6.07) is 4.96. The van der Waals surface area contributed by atoms with Crippen LogP contribution < -0.4 is 11.1 Å². The first kappa shape index (κ1) is 39.6. The summed E-state index contributed by atoms with van der Waals surface area (Å²) in [5.41, 5.74) is 6.96. The molecule has 0 aliphatic carbocycles. The van der Waals surface area contributed by atoms with Crippen molar-refractivity contribution in [2.45, 2.75) is 104 Å². The van der Waals surface area contributed by atoms with E-state index in [1.54, 1.807) is 36.2 Å². The van der Waals surface area contributed by atoms with Crippen molar-refractivity contribution >= 4 is 46.6 Å². The van der Waals surface area contributed by atoms with E-state index in [2.05, 4.69) is 15.2 Å². The number of piperidine rings is 1. The van der Waals surface area contributed by atoms with E-state index in [0.717, 1.165) is 43.6 Å². The predicted molar refractivity (Wildman–Crippen MR) is 189 cm³/mol. The Bertz CT molecular complexity index is 1450. The van der Waals surface area contributed by atoms with E-state index < -0.39 is 35.9 Å². The SMILES string of the molecule is CC[C@H](C)[C@H](CC(=O)[C@H]1CCCCN1C)C(=O)N(C)[C@H](C[C@@H](OC(C)=O)c1nc(C(=O)N[C@@H](Cc2ccc(N)cc2)C(=O)O)cs1)C(C)C. The Hall–Kier alpha value is -3.84. The maximum atomic E-state index is 14.2. The number of nitrogens with two attached hydrogens (primary N) is 1. The minimum Gasteiger partial charge on any atom is -0.480 e. The Kier molecular flexibility index (Phi) is 14.7. The fourth-order valence-corrected chi connectivity index (χ4v) is 7.27.